The average molecular weight is 220 g/mol. The van der Waals surface area contributed by atoms with Crippen LogP contribution in [0.15, 0.2) is 12.1 Å². The third kappa shape index (κ3) is 2.43. The molecule has 0 saturated heterocycles. The maximum absolute atomic E-state index is 11.7. The van der Waals surface area contributed by atoms with Gasteiger partial charge in [0, 0.05) is 12.0 Å². The third-order valence-corrected chi connectivity index (χ3v) is 2.68. The maximum Gasteiger partial charge on any atom is 0.166 e. The van der Waals surface area contributed by atoms with E-state index in [0.717, 1.165) is 11.1 Å². The minimum atomic E-state index is -0.154. The van der Waals surface area contributed by atoms with Crippen LogP contribution in [0.1, 0.15) is 55.6 Å². The Morgan fingerprint density at radius 2 is 1.88 bits per heavy atom. The van der Waals surface area contributed by atoms with E-state index in [4.69, 9.17) is 0 Å². The van der Waals surface area contributed by atoms with Crippen molar-refractivity contribution in [2.45, 2.75) is 46.5 Å². The number of aromatic hydroxyl groups is 1. The number of ketones is 1. The summed E-state index contributed by atoms with van der Waals surface area (Å²) >= 11 is 0. The molecule has 0 aliphatic carbocycles. The van der Waals surface area contributed by atoms with E-state index >= 15 is 0 Å². The zero-order chi connectivity index (χ0) is 12.5. The molecule has 0 aromatic heterocycles. The van der Waals surface area contributed by atoms with E-state index in [-0.39, 0.29) is 16.9 Å². The van der Waals surface area contributed by atoms with E-state index in [2.05, 4.69) is 0 Å². The number of carbonyl (C=O) groups is 1. The lowest BCUT2D eigenvalue weighted by molar-refractivity contribution is 0.0985. The molecule has 1 N–H and O–H groups in total. The summed E-state index contributed by atoms with van der Waals surface area (Å²) in [5.74, 6) is 0.136. The quantitative estimate of drug-likeness (QED) is 0.773. The Morgan fingerprint density at radius 1 is 1.31 bits per heavy atom. The SMILES string of the molecule is CCC(=O)c1cc(C)cc(C(C)(C)C)c1O. The average Bonchev–Trinajstić information content (AvgIpc) is 2.18. The minimum Gasteiger partial charge on any atom is -0.507 e. The van der Waals surface area contributed by atoms with Crippen molar-refractivity contribution >= 4 is 5.78 Å². The van der Waals surface area contributed by atoms with Crippen LogP contribution in [-0.4, -0.2) is 10.9 Å². The Bertz CT molecular complexity index is 411. The number of aryl methyl sites for hydroxylation is 1. The molecule has 88 valence electrons. The van der Waals surface area contributed by atoms with Crippen LogP contribution in [0.4, 0.5) is 0 Å². The van der Waals surface area contributed by atoms with Crippen molar-refractivity contribution in [3.63, 3.8) is 0 Å². The molecule has 16 heavy (non-hydrogen) atoms. The van der Waals surface area contributed by atoms with E-state index in [1.807, 2.05) is 33.8 Å². The van der Waals surface area contributed by atoms with Crippen molar-refractivity contribution in [3.05, 3.63) is 28.8 Å². The summed E-state index contributed by atoms with van der Waals surface area (Å²) in [4.78, 5) is 11.7. The first-order chi connectivity index (χ1) is 7.27. The predicted octanol–water partition coefficient (Wildman–Crippen LogP) is 3.59. The summed E-state index contributed by atoms with van der Waals surface area (Å²) in [5.41, 5.74) is 2.15. The fraction of sp³-hybridized carbons (Fsp3) is 0.500. The van der Waals surface area contributed by atoms with E-state index < -0.39 is 0 Å². The summed E-state index contributed by atoms with van der Waals surface area (Å²) in [6.07, 6.45) is 0.417. The molecule has 0 heterocycles. The maximum atomic E-state index is 11.7. The molecule has 1 rings (SSSR count). The van der Waals surface area contributed by atoms with E-state index in [1.165, 1.54) is 0 Å². The van der Waals surface area contributed by atoms with Crippen LogP contribution >= 0.6 is 0 Å². The molecule has 0 radical (unpaired) electrons. The molecular weight excluding hydrogens is 200 g/mol. The summed E-state index contributed by atoms with van der Waals surface area (Å²) in [6.45, 7) is 9.84. The van der Waals surface area contributed by atoms with Gasteiger partial charge >= 0.3 is 0 Å². The summed E-state index contributed by atoms with van der Waals surface area (Å²) < 4.78 is 0. The van der Waals surface area contributed by atoms with Crippen molar-refractivity contribution < 1.29 is 9.90 Å². The molecule has 0 saturated carbocycles. The first-order valence-corrected chi connectivity index (χ1v) is 5.64. The molecule has 0 amide bonds. The largest absolute Gasteiger partial charge is 0.507 e. The summed E-state index contributed by atoms with van der Waals surface area (Å²) in [5, 5.41) is 10.1. The van der Waals surface area contributed by atoms with E-state index in [9.17, 15) is 9.90 Å². The molecule has 0 aliphatic rings. The van der Waals surface area contributed by atoms with Gasteiger partial charge in [-0.05, 0) is 24.0 Å². The first kappa shape index (κ1) is 12.8. The number of hydrogen-bond acceptors (Lipinski definition) is 2. The smallest absolute Gasteiger partial charge is 0.166 e. The molecule has 0 fully saturated rings. The van der Waals surface area contributed by atoms with Gasteiger partial charge in [-0.1, -0.05) is 33.8 Å². The Hall–Kier alpha value is -1.31. The second-order valence-electron chi connectivity index (χ2n) is 5.24. The fourth-order valence-corrected chi connectivity index (χ4v) is 1.75. The molecule has 1 aromatic carbocycles. The second-order valence-corrected chi connectivity index (χ2v) is 5.24. The van der Waals surface area contributed by atoms with Gasteiger partial charge in [-0.3, -0.25) is 4.79 Å². The van der Waals surface area contributed by atoms with Crippen LogP contribution in [0.25, 0.3) is 0 Å². The van der Waals surface area contributed by atoms with Crippen molar-refractivity contribution in [1.29, 1.82) is 0 Å². The number of carbonyl (C=O) groups excluding carboxylic acids is 1. The first-order valence-electron chi connectivity index (χ1n) is 5.64. The van der Waals surface area contributed by atoms with Crippen LogP contribution in [0.2, 0.25) is 0 Å². The van der Waals surface area contributed by atoms with Gasteiger partial charge in [-0.15, -0.1) is 0 Å². The zero-order valence-electron chi connectivity index (χ0n) is 10.7. The number of rotatable bonds is 2. The molecular formula is C14H20O2. The highest BCUT2D eigenvalue weighted by molar-refractivity contribution is 5.99. The van der Waals surface area contributed by atoms with Gasteiger partial charge in [-0.2, -0.15) is 0 Å². The van der Waals surface area contributed by atoms with Gasteiger partial charge < -0.3 is 5.11 Å². The normalized spacial score (nSPS) is 11.6. The van der Waals surface area contributed by atoms with Crippen molar-refractivity contribution in [1.82, 2.24) is 0 Å². The topological polar surface area (TPSA) is 37.3 Å². The van der Waals surface area contributed by atoms with Crippen molar-refractivity contribution in [2.24, 2.45) is 0 Å². The van der Waals surface area contributed by atoms with Crippen LogP contribution in [0.3, 0.4) is 0 Å². The predicted molar refractivity (Wildman–Crippen MR) is 66.2 cm³/mol. The van der Waals surface area contributed by atoms with Crippen molar-refractivity contribution in [2.75, 3.05) is 0 Å². The number of hydrogen-bond donors (Lipinski definition) is 1. The van der Waals surface area contributed by atoms with Crippen LogP contribution < -0.4 is 0 Å². The lowest BCUT2D eigenvalue weighted by Crippen LogP contribution is -2.13. The summed E-state index contributed by atoms with van der Waals surface area (Å²) in [7, 11) is 0. The van der Waals surface area contributed by atoms with Crippen LogP contribution in [0, 0.1) is 6.92 Å². The molecule has 1 aromatic rings. The number of benzene rings is 1. The molecule has 0 atom stereocenters. The van der Waals surface area contributed by atoms with Gasteiger partial charge in [0.1, 0.15) is 5.75 Å². The monoisotopic (exact) mass is 220 g/mol. The number of phenolic OH excluding ortho intramolecular Hbond substituents is 1. The lowest BCUT2D eigenvalue weighted by atomic mass is 9.83. The highest BCUT2D eigenvalue weighted by Gasteiger charge is 2.22. The Labute approximate surface area is 97.3 Å². The Morgan fingerprint density at radius 3 is 2.31 bits per heavy atom. The van der Waals surface area contributed by atoms with Gasteiger partial charge in [0.25, 0.3) is 0 Å². The van der Waals surface area contributed by atoms with Gasteiger partial charge in [0.15, 0.2) is 5.78 Å². The number of Topliss-reactive ketones (excluding diaryl/α,β-unsaturated/α-hetero) is 1. The summed E-state index contributed by atoms with van der Waals surface area (Å²) in [6, 6.07) is 3.71. The van der Waals surface area contributed by atoms with Gasteiger partial charge in [0.05, 0.1) is 5.56 Å². The minimum absolute atomic E-state index is 0.00769. The Balaban J connectivity index is 3.44. The third-order valence-electron chi connectivity index (χ3n) is 2.68. The van der Waals surface area contributed by atoms with Gasteiger partial charge in [-0.25, -0.2) is 0 Å². The lowest BCUT2D eigenvalue weighted by Gasteiger charge is -2.22. The number of phenols is 1. The Kier molecular flexibility index (Phi) is 3.41. The van der Waals surface area contributed by atoms with E-state index in [1.54, 1.807) is 13.0 Å². The molecule has 0 spiro atoms. The molecule has 0 unspecified atom stereocenters. The molecule has 2 nitrogen and oxygen atoms in total. The van der Waals surface area contributed by atoms with E-state index in [0.29, 0.717) is 12.0 Å². The highest BCUT2D eigenvalue weighted by atomic mass is 16.3. The molecule has 0 aliphatic heterocycles. The van der Waals surface area contributed by atoms with Crippen molar-refractivity contribution in [3.8, 4) is 5.75 Å². The van der Waals surface area contributed by atoms with Crippen LogP contribution in [-0.2, 0) is 5.41 Å². The fourth-order valence-electron chi connectivity index (χ4n) is 1.75. The zero-order valence-corrected chi connectivity index (χ0v) is 10.7. The van der Waals surface area contributed by atoms with Crippen LogP contribution in [0.5, 0.6) is 5.75 Å². The standard InChI is InChI=1S/C14H20O2/c1-6-12(15)10-7-9(2)8-11(13(10)16)14(3,4)5/h7-8,16H,6H2,1-5H3. The highest BCUT2D eigenvalue weighted by Crippen LogP contribution is 2.34. The molecule has 0 bridgehead atoms. The van der Waals surface area contributed by atoms with Gasteiger partial charge in [0.2, 0.25) is 0 Å². The molecule has 2 heteroatoms. The second kappa shape index (κ2) is 4.28.